The summed E-state index contributed by atoms with van der Waals surface area (Å²) in [6, 6.07) is 5.39. The minimum absolute atomic E-state index is 0. The Kier molecular flexibility index (Phi) is 9.98. The number of likely N-dealkylation sites (tertiary alicyclic amines) is 1. The molecule has 1 aromatic heterocycles. The van der Waals surface area contributed by atoms with Crippen molar-refractivity contribution in [3.05, 3.63) is 41.6 Å². The third-order valence-corrected chi connectivity index (χ3v) is 7.17. The molecule has 0 radical (unpaired) electrons. The van der Waals surface area contributed by atoms with Gasteiger partial charge in [-0.1, -0.05) is 31.0 Å². The summed E-state index contributed by atoms with van der Waals surface area (Å²) in [5.74, 6) is -4.70. The molecule has 2 aromatic rings. The molecular formula is C26H32ClF5N4O3. The number of rotatable bonds is 9. The number of carbonyl (C=O) groups excluding carboxylic acids is 1. The molecule has 1 atom stereocenters. The van der Waals surface area contributed by atoms with E-state index in [2.05, 4.69) is 10.4 Å². The number of alkyl halides is 5. The topological polar surface area (TPSA) is 87.5 Å². The zero-order valence-corrected chi connectivity index (χ0v) is 22.0. The number of hydrogen-bond donors (Lipinski definition) is 2. The van der Waals surface area contributed by atoms with Crippen LogP contribution < -0.4 is 5.32 Å². The lowest BCUT2D eigenvalue weighted by atomic mass is 10.0. The highest BCUT2D eigenvalue weighted by Gasteiger charge is 2.36. The molecule has 2 N–H and O–H groups in total. The fraction of sp³-hybridized carbons (Fsp3) is 0.577. The molecule has 13 heteroatoms. The smallest absolute Gasteiger partial charge is 0.417 e. The van der Waals surface area contributed by atoms with Crippen LogP contribution in [0.25, 0.3) is 11.3 Å². The number of amides is 1. The van der Waals surface area contributed by atoms with E-state index in [-0.39, 0.29) is 54.8 Å². The highest BCUT2D eigenvalue weighted by molar-refractivity contribution is 5.94. The molecule has 0 bridgehead atoms. The van der Waals surface area contributed by atoms with Crippen molar-refractivity contribution in [3.8, 4) is 11.3 Å². The Morgan fingerprint density at radius 2 is 1.85 bits per heavy atom. The largest absolute Gasteiger partial charge is 0.481 e. The lowest BCUT2D eigenvalue weighted by Gasteiger charge is -2.33. The number of nitrogens with one attached hydrogen (secondary N) is 1. The van der Waals surface area contributed by atoms with E-state index in [1.54, 1.807) is 4.90 Å². The van der Waals surface area contributed by atoms with E-state index in [1.807, 2.05) is 0 Å². The van der Waals surface area contributed by atoms with Gasteiger partial charge in [-0.05, 0) is 44.4 Å². The van der Waals surface area contributed by atoms with E-state index in [1.165, 1.54) is 28.9 Å². The molecule has 1 aliphatic heterocycles. The molecule has 2 aliphatic rings. The van der Waals surface area contributed by atoms with Crippen molar-refractivity contribution in [3.63, 3.8) is 0 Å². The summed E-state index contributed by atoms with van der Waals surface area (Å²) in [6.07, 6.45) is -1.57. The van der Waals surface area contributed by atoms with E-state index in [0.29, 0.717) is 25.8 Å². The maximum Gasteiger partial charge on any atom is 0.417 e. The Labute approximate surface area is 229 Å². The van der Waals surface area contributed by atoms with Crippen molar-refractivity contribution in [2.75, 3.05) is 19.6 Å². The van der Waals surface area contributed by atoms with Crippen LogP contribution >= 0.6 is 12.4 Å². The molecule has 1 amide bonds. The molecule has 0 spiro atoms. The van der Waals surface area contributed by atoms with Crippen LogP contribution in [0.5, 0.6) is 0 Å². The van der Waals surface area contributed by atoms with Crippen molar-refractivity contribution < 1.29 is 36.6 Å². The molecule has 216 valence electrons. The van der Waals surface area contributed by atoms with Crippen molar-refractivity contribution in [1.29, 1.82) is 0 Å². The Bertz CT molecular complexity index is 1150. The summed E-state index contributed by atoms with van der Waals surface area (Å²) < 4.78 is 70.3. The molecule has 1 saturated carbocycles. The van der Waals surface area contributed by atoms with Gasteiger partial charge in [-0.2, -0.15) is 18.3 Å². The van der Waals surface area contributed by atoms with Crippen LogP contribution in [0.15, 0.2) is 30.3 Å². The lowest BCUT2D eigenvalue weighted by molar-refractivity contribution is -0.138. The first kappa shape index (κ1) is 30.8. The van der Waals surface area contributed by atoms with Gasteiger partial charge in [0, 0.05) is 24.6 Å². The molecule has 2 fully saturated rings. The SMILES string of the molecule is Cl.O=C(O)C[C@H](CCN1CCCC(F)(F)C1)NC(=O)c1cc(-c2ccccc2C(F)(F)F)n(C2CCCC2)n1. The standard InChI is InChI=1S/C26H31F5N4O3.ClH/c27-25(28)11-5-12-34(16-25)13-10-17(14-23(36)37)32-24(38)21-15-22(35(33-21)18-6-1-2-7-18)19-8-3-4-9-20(19)26(29,30)31;/h3-4,8-9,15,17-18H,1-2,5-7,10-14,16H2,(H,32,38)(H,36,37);1H/t17-;/m0./s1. The van der Waals surface area contributed by atoms with Crippen LogP contribution in [0.2, 0.25) is 0 Å². The van der Waals surface area contributed by atoms with E-state index in [0.717, 1.165) is 18.9 Å². The van der Waals surface area contributed by atoms with E-state index in [4.69, 9.17) is 0 Å². The summed E-state index contributed by atoms with van der Waals surface area (Å²) in [7, 11) is 0. The number of carbonyl (C=O) groups is 2. The average Bonchev–Trinajstić information content (AvgIpc) is 3.51. The number of halogens is 6. The van der Waals surface area contributed by atoms with Gasteiger partial charge in [-0.15, -0.1) is 12.4 Å². The van der Waals surface area contributed by atoms with Crippen LogP contribution in [0.3, 0.4) is 0 Å². The van der Waals surface area contributed by atoms with E-state index < -0.39 is 48.5 Å². The zero-order chi connectivity index (χ0) is 27.5. The van der Waals surface area contributed by atoms with Gasteiger partial charge in [0.25, 0.3) is 11.8 Å². The summed E-state index contributed by atoms with van der Waals surface area (Å²) >= 11 is 0. The molecular weight excluding hydrogens is 547 g/mol. The number of carboxylic acids is 1. The fourth-order valence-electron chi connectivity index (χ4n) is 5.36. The molecule has 1 aliphatic carbocycles. The predicted octanol–water partition coefficient (Wildman–Crippen LogP) is 5.80. The molecule has 7 nitrogen and oxygen atoms in total. The number of carboxylic acid groups (broad SMARTS) is 1. The first-order valence-corrected chi connectivity index (χ1v) is 12.8. The Balaban J connectivity index is 0.00000420. The van der Waals surface area contributed by atoms with Gasteiger partial charge in [0.15, 0.2) is 5.69 Å². The number of benzene rings is 1. The highest BCUT2D eigenvalue weighted by atomic mass is 35.5. The van der Waals surface area contributed by atoms with Gasteiger partial charge in [0.2, 0.25) is 0 Å². The van der Waals surface area contributed by atoms with Crippen LogP contribution in [0.1, 0.15) is 73.5 Å². The monoisotopic (exact) mass is 578 g/mol. The quantitative estimate of drug-likeness (QED) is 0.367. The second-order valence-electron chi connectivity index (χ2n) is 10.1. The third-order valence-electron chi connectivity index (χ3n) is 7.17. The Hall–Kier alpha value is -2.73. The normalized spacial score (nSPS) is 18.9. The molecule has 1 saturated heterocycles. The minimum atomic E-state index is -4.61. The van der Waals surface area contributed by atoms with Crippen molar-refractivity contribution in [2.24, 2.45) is 0 Å². The summed E-state index contributed by atoms with van der Waals surface area (Å²) in [6.45, 7) is 0.208. The number of nitrogens with zero attached hydrogens (tertiary/aromatic N) is 3. The van der Waals surface area contributed by atoms with Gasteiger partial charge < -0.3 is 10.4 Å². The maximum atomic E-state index is 13.8. The first-order valence-electron chi connectivity index (χ1n) is 12.8. The van der Waals surface area contributed by atoms with Crippen molar-refractivity contribution in [1.82, 2.24) is 20.0 Å². The molecule has 1 aromatic carbocycles. The molecule has 39 heavy (non-hydrogen) atoms. The van der Waals surface area contributed by atoms with E-state index >= 15 is 0 Å². The number of hydrogen-bond acceptors (Lipinski definition) is 4. The minimum Gasteiger partial charge on any atom is -0.481 e. The number of piperidine rings is 1. The predicted molar refractivity (Wildman–Crippen MR) is 136 cm³/mol. The average molecular weight is 579 g/mol. The lowest BCUT2D eigenvalue weighted by Crippen LogP contribution is -2.45. The van der Waals surface area contributed by atoms with Crippen molar-refractivity contribution in [2.45, 2.75) is 75.5 Å². The second kappa shape index (κ2) is 12.6. The third kappa shape index (κ3) is 7.91. The summed E-state index contributed by atoms with van der Waals surface area (Å²) in [5, 5.41) is 16.3. The van der Waals surface area contributed by atoms with Crippen LogP contribution in [0.4, 0.5) is 22.0 Å². The van der Waals surface area contributed by atoms with Crippen LogP contribution in [0, 0.1) is 0 Å². The van der Waals surface area contributed by atoms with E-state index in [9.17, 15) is 36.6 Å². The Morgan fingerprint density at radius 3 is 2.49 bits per heavy atom. The fourth-order valence-corrected chi connectivity index (χ4v) is 5.36. The van der Waals surface area contributed by atoms with Gasteiger partial charge in [0.05, 0.1) is 30.3 Å². The second-order valence-corrected chi connectivity index (χ2v) is 10.1. The number of aromatic nitrogens is 2. The van der Waals surface area contributed by atoms with Gasteiger partial charge in [0.1, 0.15) is 0 Å². The van der Waals surface area contributed by atoms with Gasteiger partial charge in [-0.25, -0.2) is 8.78 Å². The molecule has 4 rings (SSSR count). The number of aliphatic carboxylic acids is 1. The Morgan fingerprint density at radius 1 is 1.15 bits per heavy atom. The van der Waals surface area contributed by atoms with Crippen molar-refractivity contribution >= 4 is 24.3 Å². The van der Waals surface area contributed by atoms with Gasteiger partial charge in [-0.3, -0.25) is 19.2 Å². The molecule has 2 heterocycles. The highest BCUT2D eigenvalue weighted by Crippen LogP contribution is 2.40. The summed E-state index contributed by atoms with van der Waals surface area (Å²) in [4.78, 5) is 26.1. The van der Waals surface area contributed by atoms with Gasteiger partial charge >= 0.3 is 12.1 Å². The van der Waals surface area contributed by atoms with Crippen LogP contribution in [-0.2, 0) is 11.0 Å². The summed E-state index contributed by atoms with van der Waals surface area (Å²) in [5.41, 5.74) is -0.885. The van der Waals surface area contributed by atoms with Crippen LogP contribution in [-0.4, -0.2) is 63.3 Å². The first-order chi connectivity index (χ1) is 17.9. The molecule has 0 unspecified atom stereocenters. The zero-order valence-electron chi connectivity index (χ0n) is 21.2. The maximum absolute atomic E-state index is 13.8.